The molecule has 4 heteroatoms. The van der Waals surface area contributed by atoms with Crippen molar-refractivity contribution < 1.29 is 42.2 Å². The molecule has 1 heterocycles. The standard InChI is InChI=1S/C7H10NO2.CH3.Y/c1-10-7(9)6-2-4-8-5-3-6;;/h2H,3-5H2,1H3;1H3;/q2*-1;. The molecule has 0 saturated carbocycles. The van der Waals surface area contributed by atoms with E-state index in [0.29, 0.717) is 6.54 Å². The maximum atomic E-state index is 10.8. The summed E-state index contributed by atoms with van der Waals surface area (Å²) in [4.78, 5) is 10.8. The molecule has 1 aliphatic heterocycles. The van der Waals surface area contributed by atoms with Gasteiger partial charge in [0.2, 0.25) is 0 Å². The van der Waals surface area contributed by atoms with Gasteiger partial charge in [0.15, 0.2) is 0 Å². The fourth-order valence-electron chi connectivity index (χ4n) is 0.884. The number of carbonyl (C=O) groups excluding carboxylic acids is 1. The van der Waals surface area contributed by atoms with E-state index in [0.717, 1.165) is 18.5 Å². The molecule has 12 heavy (non-hydrogen) atoms. The van der Waals surface area contributed by atoms with Crippen LogP contribution in [0.1, 0.15) is 6.42 Å². The van der Waals surface area contributed by atoms with Crippen LogP contribution in [0.2, 0.25) is 0 Å². The molecule has 0 aromatic carbocycles. The smallest absolute Gasteiger partial charge is 0.333 e. The Balaban J connectivity index is 0. The number of carbonyl (C=O) groups is 1. The van der Waals surface area contributed by atoms with Crippen molar-refractivity contribution in [3.63, 3.8) is 0 Å². The zero-order valence-corrected chi connectivity index (χ0v) is 10.4. The minimum absolute atomic E-state index is 0. The summed E-state index contributed by atoms with van der Waals surface area (Å²) in [6.07, 6.45) is 2.54. The SMILES string of the molecule is COC(=O)C1=CC[N-]CC1.[CH3-].[Y]. The van der Waals surface area contributed by atoms with E-state index >= 15 is 0 Å². The van der Waals surface area contributed by atoms with Crippen molar-refractivity contribution >= 4 is 5.97 Å². The van der Waals surface area contributed by atoms with Crippen molar-refractivity contribution in [2.24, 2.45) is 0 Å². The Morgan fingerprint density at radius 3 is 2.75 bits per heavy atom. The quantitative estimate of drug-likeness (QED) is 0.515. The van der Waals surface area contributed by atoms with Gasteiger partial charge in [0, 0.05) is 38.3 Å². The molecule has 0 saturated heterocycles. The topological polar surface area (TPSA) is 40.4 Å². The van der Waals surface area contributed by atoms with Crippen LogP contribution in [0.3, 0.4) is 0 Å². The van der Waals surface area contributed by atoms with E-state index in [9.17, 15) is 4.79 Å². The van der Waals surface area contributed by atoms with Crippen molar-refractivity contribution in [2.75, 3.05) is 20.2 Å². The maximum Gasteiger partial charge on any atom is 0.333 e. The zero-order chi connectivity index (χ0) is 7.40. The number of methoxy groups -OCH3 is 1. The molecule has 67 valence electrons. The predicted octanol–water partition coefficient (Wildman–Crippen LogP) is 1.31. The normalized spacial score (nSPS) is 14.9. The van der Waals surface area contributed by atoms with E-state index in [1.54, 1.807) is 0 Å². The van der Waals surface area contributed by atoms with Gasteiger partial charge in [-0.05, 0) is 6.42 Å². The largest absolute Gasteiger partial charge is 0.659 e. The molecule has 0 aliphatic carbocycles. The summed E-state index contributed by atoms with van der Waals surface area (Å²) in [7, 11) is 1.40. The van der Waals surface area contributed by atoms with Crippen LogP contribution in [0, 0.1) is 7.43 Å². The van der Waals surface area contributed by atoms with Gasteiger partial charge < -0.3 is 17.5 Å². The molecule has 0 N–H and O–H groups in total. The molecule has 0 amide bonds. The number of nitrogens with zero attached hydrogens (tertiary/aromatic N) is 1. The molecule has 1 rings (SSSR count). The van der Waals surface area contributed by atoms with Crippen LogP contribution in [0.25, 0.3) is 5.32 Å². The number of hydrogen-bond donors (Lipinski definition) is 0. The molecule has 1 aliphatic rings. The molecule has 0 spiro atoms. The molecular weight excluding hydrogens is 231 g/mol. The summed E-state index contributed by atoms with van der Waals surface area (Å²) in [5.74, 6) is -0.213. The summed E-state index contributed by atoms with van der Waals surface area (Å²) >= 11 is 0. The molecule has 0 bridgehead atoms. The van der Waals surface area contributed by atoms with E-state index < -0.39 is 0 Å². The Kier molecular flexibility index (Phi) is 9.73. The third-order valence-electron chi connectivity index (χ3n) is 1.45. The van der Waals surface area contributed by atoms with Gasteiger partial charge in [-0.2, -0.15) is 0 Å². The average Bonchev–Trinajstić information content (AvgIpc) is 2.05. The maximum absolute atomic E-state index is 10.8. The molecule has 0 aromatic heterocycles. The first-order valence-electron chi connectivity index (χ1n) is 3.25. The number of esters is 1. The van der Waals surface area contributed by atoms with Gasteiger partial charge >= 0.3 is 5.97 Å². The predicted molar refractivity (Wildman–Crippen MR) is 44.2 cm³/mol. The van der Waals surface area contributed by atoms with Crippen LogP contribution < -0.4 is 0 Å². The van der Waals surface area contributed by atoms with Crippen LogP contribution in [-0.4, -0.2) is 26.2 Å². The fourth-order valence-corrected chi connectivity index (χ4v) is 0.884. The minimum atomic E-state index is -0.213. The van der Waals surface area contributed by atoms with Crippen molar-refractivity contribution in [1.29, 1.82) is 0 Å². The van der Waals surface area contributed by atoms with Crippen molar-refractivity contribution in [2.45, 2.75) is 6.42 Å². The fraction of sp³-hybridized carbons (Fsp3) is 0.500. The second-order valence-corrected chi connectivity index (χ2v) is 2.10. The first-order valence-corrected chi connectivity index (χ1v) is 3.25. The van der Waals surface area contributed by atoms with Gasteiger partial charge in [-0.3, -0.25) is 0 Å². The Bertz CT molecular complexity index is 168. The third kappa shape index (κ3) is 4.34. The number of hydrogen-bond acceptors (Lipinski definition) is 2. The molecule has 3 nitrogen and oxygen atoms in total. The Morgan fingerprint density at radius 1 is 1.67 bits per heavy atom. The first kappa shape index (κ1) is 14.8. The molecule has 1 radical (unpaired) electrons. The summed E-state index contributed by atoms with van der Waals surface area (Å²) < 4.78 is 4.54. The van der Waals surface area contributed by atoms with Crippen molar-refractivity contribution in [1.82, 2.24) is 0 Å². The first-order chi connectivity index (χ1) is 4.84. The molecule has 0 unspecified atom stereocenters. The Labute approximate surface area is 98.8 Å². The van der Waals surface area contributed by atoms with E-state index in [1.165, 1.54) is 7.11 Å². The monoisotopic (exact) mass is 244 g/mol. The summed E-state index contributed by atoms with van der Waals surface area (Å²) in [6.45, 7) is 1.41. The molecule has 0 aromatic rings. The van der Waals surface area contributed by atoms with Crippen molar-refractivity contribution in [3.05, 3.63) is 24.4 Å². The van der Waals surface area contributed by atoms with Gasteiger partial charge in [-0.1, -0.05) is 6.08 Å². The van der Waals surface area contributed by atoms with Crippen LogP contribution in [0.15, 0.2) is 11.6 Å². The number of ether oxygens (including phenoxy) is 1. The second-order valence-electron chi connectivity index (χ2n) is 2.10. The van der Waals surface area contributed by atoms with E-state index in [4.69, 9.17) is 0 Å². The molecule has 0 fully saturated rings. The average molecular weight is 244 g/mol. The van der Waals surface area contributed by atoms with E-state index in [-0.39, 0.29) is 46.1 Å². The van der Waals surface area contributed by atoms with Crippen LogP contribution in [0.4, 0.5) is 0 Å². The Morgan fingerprint density at radius 2 is 2.33 bits per heavy atom. The van der Waals surface area contributed by atoms with Gasteiger partial charge in [0.05, 0.1) is 7.11 Å². The molecular formula is C8H13NO2Y-2. The summed E-state index contributed by atoms with van der Waals surface area (Å²) in [5, 5.41) is 4.06. The zero-order valence-electron chi connectivity index (χ0n) is 7.54. The summed E-state index contributed by atoms with van der Waals surface area (Å²) in [6, 6.07) is 0. The second kappa shape index (κ2) is 7.90. The van der Waals surface area contributed by atoms with Gasteiger partial charge in [0.25, 0.3) is 0 Å². The third-order valence-corrected chi connectivity index (χ3v) is 1.45. The van der Waals surface area contributed by atoms with Crippen LogP contribution >= 0.6 is 0 Å². The number of rotatable bonds is 1. The van der Waals surface area contributed by atoms with Crippen LogP contribution in [-0.2, 0) is 42.2 Å². The van der Waals surface area contributed by atoms with Gasteiger partial charge in [-0.15, -0.1) is 13.1 Å². The Hall–Kier alpha value is 0.274. The molecule has 0 atom stereocenters. The van der Waals surface area contributed by atoms with E-state index in [1.807, 2.05) is 6.08 Å². The van der Waals surface area contributed by atoms with Crippen molar-refractivity contribution in [3.8, 4) is 0 Å². The van der Waals surface area contributed by atoms with Gasteiger partial charge in [0.1, 0.15) is 0 Å². The van der Waals surface area contributed by atoms with Gasteiger partial charge in [-0.25, -0.2) is 4.79 Å². The minimum Gasteiger partial charge on any atom is -0.659 e. The summed E-state index contributed by atoms with van der Waals surface area (Å²) in [5.41, 5.74) is 0.762. The van der Waals surface area contributed by atoms with E-state index in [2.05, 4.69) is 10.1 Å². The van der Waals surface area contributed by atoms with Crippen LogP contribution in [0.5, 0.6) is 0 Å².